The molecule has 0 aliphatic carbocycles. The monoisotopic (exact) mass is 294 g/mol. The second-order valence-corrected chi connectivity index (χ2v) is 4.85. The molecule has 0 spiro atoms. The molecule has 2 rings (SSSR count). The van der Waals surface area contributed by atoms with Crippen LogP contribution >= 0.6 is 0 Å². The zero-order chi connectivity index (χ0) is 15.6. The quantitative estimate of drug-likeness (QED) is 0.857. The summed E-state index contributed by atoms with van der Waals surface area (Å²) >= 11 is 0. The first-order chi connectivity index (χ1) is 9.93. The number of carboxylic acid groups (broad SMARTS) is 1. The molecule has 8 nitrogen and oxygen atoms in total. The normalized spacial score (nSPS) is 12.6. The molecule has 0 aromatic carbocycles. The van der Waals surface area contributed by atoms with Crippen molar-refractivity contribution in [1.29, 1.82) is 0 Å². The minimum atomic E-state index is -0.928. The van der Waals surface area contributed by atoms with Gasteiger partial charge in [-0.3, -0.25) is 4.79 Å². The van der Waals surface area contributed by atoms with Crippen LogP contribution in [-0.4, -0.2) is 44.5 Å². The number of aryl methyl sites for hydroxylation is 2. The third kappa shape index (κ3) is 3.10. The Bertz CT molecular complexity index is 647. The van der Waals surface area contributed by atoms with Gasteiger partial charge in [-0.25, -0.2) is 4.68 Å². The molecule has 8 heteroatoms. The lowest BCUT2D eigenvalue weighted by atomic mass is 10.1. The van der Waals surface area contributed by atoms with Crippen molar-refractivity contribution in [1.82, 2.24) is 20.2 Å². The fraction of sp³-hybridized carbons (Fsp3) is 0.538. The van der Waals surface area contributed by atoms with E-state index in [-0.39, 0.29) is 13.0 Å². The predicted octanol–water partition coefficient (Wildman–Crippen LogP) is 1.35. The van der Waals surface area contributed by atoms with Crippen LogP contribution in [0.5, 0.6) is 0 Å². The second kappa shape index (κ2) is 6.04. The van der Waals surface area contributed by atoms with E-state index in [9.17, 15) is 4.79 Å². The number of methoxy groups -OCH3 is 1. The Balaban J connectivity index is 2.32. The number of rotatable bonds is 6. The van der Waals surface area contributed by atoms with Gasteiger partial charge in [0.05, 0.1) is 24.6 Å². The van der Waals surface area contributed by atoms with Crippen LogP contribution in [-0.2, 0) is 16.1 Å². The Labute approximate surface area is 121 Å². The molecule has 114 valence electrons. The summed E-state index contributed by atoms with van der Waals surface area (Å²) < 4.78 is 12.3. The molecule has 0 saturated carbocycles. The van der Waals surface area contributed by atoms with E-state index >= 15 is 0 Å². The molecule has 0 aliphatic rings. The number of carboxylic acids is 1. The summed E-state index contributed by atoms with van der Waals surface area (Å²) in [5.74, 6) is 1.16. The van der Waals surface area contributed by atoms with Crippen LogP contribution in [0, 0.1) is 20.8 Å². The first kappa shape index (κ1) is 15.2. The highest BCUT2D eigenvalue weighted by Gasteiger charge is 2.22. The lowest BCUT2D eigenvalue weighted by molar-refractivity contribution is -0.140. The van der Waals surface area contributed by atoms with Crippen molar-refractivity contribution in [3.05, 3.63) is 17.1 Å². The number of tetrazole rings is 1. The van der Waals surface area contributed by atoms with Gasteiger partial charge in [-0.2, -0.15) is 0 Å². The van der Waals surface area contributed by atoms with Crippen LogP contribution in [0.15, 0.2) is 4.42 Å². The van der Waals surface area contributed by atoms with Crippen LogP contribution in [0.4, 0.5) is 0 Å². The third-order valence-corrected chi connectivity index (χ3v) is 3.43. The van der Waals surface area contributed by atoms with Gasteiger partial charge in [-0.15, -0.1) is 5.10 Å². The molecule has 0 saturated heterocycles. The zero-order valence-electron chi connectivity index (χ0n) is 12.5. The maximum absolute atomic E-state index is 10.8. The fourth-order valence-electron chi connectivity index (χ4n) is 2.24. The van der Waals surface area contributed by atoms with Gasteiger partial charge in [0.25, 0.3) is 0 Å². The van der Waals surface area contributed by atoms with E-state index in [0.29, 0.717) is 5.82 Å². The molecule has 0 fully saturated rings. The summed E-state index contributed by atoms with van der Waals surface area (Å²) in [6.45, 7) is 5.92. The number of aliphatic carboxylic acids is 1. The van der Waals surface area contributed by atoms with Gasteiger partial charge in [0.15, 0.2) is 5.82 Å². The number of nitrogens with zero attached hydrogens (tertiary/aromatic N) is 4. The van der Waals surface area contributed by atoms with Gasteiger partial charge in [0.1, 0.15) is 11.5 Å². The molecule has 1 atom stereocenters. The minimum Gasteiger partial charge on any atom is -0.481 e. The minimum absolute atomic E-state index is 0.113. The Morgan fingerprint density at radius 2 is 2.10 bits per heavy atom. The SMILES string of the molecule is COC(CC(=O)O)Cn1nnnc1-c1c(C)oc(C)c1C. The maximum atomic E-state index is 10.8. The summed E-state index contributed by atoms with van der Waals surface area (Å²) in [4.78, 5) is 10.8. The van der Waals surface area contributed by atoms with Gasteiger partial charge in [-0.05, 0) is 31.2 Å². The first-order valence-electron chi connectivity index (χ1n) is 6.51. The average molecular weight is 294 g/mol. The molecular formula is C13H18N4O4. The standard InChI is InChI=1S/C13H18N4O4/c1-7-8(2)21-9(3)12(7)13-14-15-16-17(13)6-10(20-4)5-11(18)19/h10H,5-6H2,1-4H3,(H,18,19). The highest BCUT2D eigenvalue weighted by Crippen LogP contribution is 2.29. The molecule has 2 heterocycles. The number of aromatic nitrogens is 4. The predicted molar refractivity (Wildman–Crippen MR) is 72.8 cm³/mol. The molecular weight excluding hydrogens is 276 g/mol. The molecule has 2 aromatic rings. The highest BCUT2D eigenvalue weighted by atomic mass is 16.5. The van der Waals surface area contributed by atoms with Gasteiger partial charge in [0, 0.05) is 12.7 Å². The van der Waals surface area contributed by atoms with Crippen LogP contribution < -0.4 is 0 Å². The molecule has 0 aliphatic heterocycles. The summed E-state index contributed by atoms with van der Waals surface area (Å²) in [5, 5.41) is 20.5. The van der Waals surface area contributed by atoms with Crippen molar-refractivity contribution in [2.45, 2.75) is 39.8 Å². The summed E-state index contributed by atoms with van der Waals surface area (Å²) in [7, 11) is 1.47. The van der Waals surface area contributed by atoms with Crippen LogP contribution in [0.2, 0.25) is 0 Å². The summed E-state index contributed by atoms with van der Waals surface area (Å²) in [5.41, 5.74) is 1.80. The van der Waals surface area contributed by atoms with E-state index in [0.717, 1.165) is 22.6 Å². The lowest BCUT2D eigenvalue weighted by Gasteiger charge is -2.13. The third-order valence-electron chi connectivity index (χ3n) is 3.43. The smallest absolute Gasteiger partial charge is 0.306 e. The molecule has 0 radical (unpaired) electrons. The van der Waals surface area contributed by atoms with Gasteiger partial charge in [0.2, 0.25) is 0 Å². The molecule has 2 aromatic heterocycles. The van der Waals surface area contributed by atoms with E-state index in [1.807, 2.05) is 20.8 Å². The van der Waals surface area contributed by atoms with Gasteiger partial charge in [-0.1, -0.05) is 0 Å². The molecule has 1 N–H and O–H groups in total. The summed E-state index contributed by atoms with van der Waals surface area (Å²) in [6, 6.07) is 0. The molecule has 21 heavy (non-hydrogen) atoms. The zero-order valence-corrected chi connectivity index (χ0v) is 12.5. The number of carbonyl (C=O) groups is 1. The molecule has 0 amide bonds. The van der Waals surface area contributed by atoms with Gasteiger partial charge >= 0.3 is 5.97 Å². The summed E-state index contributed by atoms with van der Waals surface area (Å²) in [6.07, 6.45) is -0.614. The maximum Gasteiger partial charge on any atom is 0.306 e. The van der Waals surface area contributed by atoms with E-state index in [1.54, 1.807) is 4.68 Å². The number of hydrogen-bond acceptors (Lipinski definition) is 6. The van der Waals surface area contributed by atoms with Crippen molar-refractivity contribution < 1.29 is 19.1 Å². The van der Waals surface area contributed by atoms with E-state index < -0.39 is 12.1 Å². The molecule has 1 unspecified atom stereocenters. The first-order valence-corrected chi connectivity index (χ1v) is 6.51. The fourth-order valence-corrected chi connectivity index (χ4v) is 2.24. The molecule has 0 bridgehead atoms. The average Bonchev–Trinajstić information content (AvgIpc) is 2.94. The van der Waals surface area contributed by atoms with Crippen LogP contribution in [0.25, 0.3) is 11.4 Å². The topological polar surface area (TPSA) is 103 Å². The highest BCUT2D eigenvalue weighted by molar-refractivity contribution is 5.67. The Kier molecular flexibility index (Phi) is 4.37. The van der Waals surface area contributed by atoms with Gasteiger partial charge < -0.3 is 14.3 Å². The van der Waals surface area contributed by atoms with E-state index in [1.165, 1.54) is 7.11 Å². The second-order valence-electron chi connectivity index (χ2n) is 4.85. The Hall–Kier alpha value is -2.22. The number of hydrogen-bond donors (Lipinski definition) is 1. The van der Waals surface area contributed by atoms with E-state index in [4.69, 9.17) is 14.3 Å². The number of ether oxygens (including phenoxy) is 1. The van der Waals surface area contributed by atoms with Crippen molar-refractivity contribution in [3.63, 3.8) is 0 Å². The Morgan fingerprint density at radius 3 is 2.62 bits per heavy atom. The van der Waals surface area contributed by atoms with Crippen molar-refractivity contribution in [2.75, 3.05) is 7.11 Å². The largest absolute Gasteiger partial charge is 0.481 e. The van der Waals surface area contributed by atoms with Crippen LogP contribution in [0.3, 0.4) is 0 Å². The van der Waals surface area contributed by atoms with Crippen molar-refractivity contribution >= 4 is 5.97 Å². The van der Waals surface area contributed by atoms with Crippen LogP contribution in [0.1, 0.15) is 23.5 Å². The van der Waals surface area contributed by atoms with Crippen molar-refractivity contribution in [3.8, 4) is 11.4 Å². The van der Waals surface area contributed by atoms with E-state index in [2.05, 4.69) is 15.5 Å². The van der Waals surface area contributed by atoms with Crippen molar-refractivity contribution in [2.24, 2.45) is 0 Å². The lowest BCUT2D eigenvalue weighted by Crippen LogP contribution is -2.23. The Morgan fingerprint density at radius 1 is 1.38 bits per heavy atom. The number of furan rings is 1.